The topological polar surface area (TPSA) is 42.9 Å². The molecule has 30 heavy (non-hydrogen) atoms. The molecule has 4 rings (SSSR count). The Balaban J connectivity index is 1.87. The van der Waals surface area contributed by atoms with Crippen molar-refractivity contribution < 1.29 is 13.6 Å². The Morgan fingerprint density at radius 2 is 1.10 bits per heavy atom. The molecular formula is C25H18F2N2O. The molecule has 0 radical (unpaired) electrons. The molecule has 0 aliphatic rings. The van der Waals surface area contributed by atoms with Crippen LogP contribution in [-0.2, 0) is 0 Å². The van der Waals surface area contributed by atoms with Gasteiger partial charge in [-0.1, -0.05) is 12.1 Å². The number of halogens is 2. The van der Waals surface area contributed by atoms with Crippen LogP contribution in [0, 0.1) is 25.5 Å². The minimum atomic E-state index is -0.469. The van der Waals surface area contributed by atoms with E-state index < -0.39 is 11.6 Å². The molecule has 0 saturated heterocycles. The second-order valence-corrected chi connectivity index (χ2v) is 7.15. The monoisotopic (exact) mass is 400 g/mol. The highest BCUT2D eigenvalue weighted by molar-refractivity contribution is 6.15. The lowest BCUT2D eigenvalue weighted by molar-refractivity contribution is 0.104. The van der Waals surface area contributed by atoms with Crippen LogP contribution in [0.1, 0.15) is 27.0 Å². The zero-order valence-electron chi connectivity index (χ0n) is 16.5. The number of rotatable bonds is 4. The molecule has 5 heteroatoms. The number of nitrogens with zero attached hydrogens (tertiary/aromatic N) is 2. The fraction of sp³-hybridized carbons (Fsp3) is 0.0800. The molecular weight excluding hydrogens is 382 g/mol. The van der Waals surface area contributed by atoms with E-state index in [1.54, 1.807) is 24.5 Å². The molecule has 0 saturated carbocycles. The molecule has 0 spiro atoms. The average molecular weight is 400 g/mol. The van der Waals surface area contributed by atoms with Gasteiger partial charge in [0.1, 0.15) is 11.6 Å². The van der Waals surface area contributed by atoms with Gasteiger partial charge in [0, 0.05) is 34.6 Å². The summed E-state index contributed by atoms with van der Waals surface area (Å²) in [5.74, 6) is -1.29. The van der Waals surface area contributed by atoms with Gasteiger partial charge in [0.25, 0.3) is 0 Å². The average Bonchev–Trinajstić information content (AvgIpc) is 2.74. The van der Waals surface area contributed by atoms with Crippen molar-refractivity contribution in [2.75, 3.05) is 0 Å². The van der Waals surface area contributed by atoms with Gasteiger partial charge in [0.15, 0.2) is 5.78 Å². The van der Waals surface area contributed by atoms with E-state index in [4.69, 9.17) is 0 Å². The highest BCUT2D eigenvalue weighted by Gasteiger charge is 2.21. The van der Waals surface area contributed by atoms with Crippen LogP contribution in [-0.4, -0.2) is 15.8 Å². The molecule has 0 unspecified atom stereocenters. The maximum atomic E-state index is 14.0. The maximum Gasteiger partial charge on any atom is 0.194 e. The number of ketones is 1. The van der Waals surface area contributed by atoms with E-state index in [1.165, 1.54) is 36.4 Å². The van der Waals surface area contributed by atoms with Gasteiger partial charge in [-0.2, -0.15) is 0 Å². The Bertz CT molecular complexity index is 1140. The fourth-order valence-corrected chi connectivity index (χ4v) is 3.25. The number of carbonyl (C=O) groups is 1. The van der Waals surface area contributed by atoms with Gasteiger partial charge in [0.05, 0.1) is 11.4 Å². The highest BCUT2D eigenvalue weighted by atomic mass is 19.1. The molecule has 0 bridgehead atoms. The van der Waals surface area contributed by atoms with Crippen LogP contribution < -0.4 is 0 Å². The highest BCUT2D eigenvalue weighted by Crippen LogP contribution is 2.30. The zero-order valence-corrected chi connectivity index (χ0v) is 16.5. The minimum Gasteiger partial charge on any atom is -0.289 e. The summed E-state index contributed by atoms with van der Waals surface area (Å²) < 4.78 is 28.0. The molecule has 2 aromatic heterocycles. The number of carbonyl (C=O) groups excluding carboxylic acids is 1. The third-order valence-electron chi connectivity index (χ3n) is 4.83. The van der Waals surface area contributed by atoms with Crippen LogP contribution in [0.3, 0.4) is 0 Å². The van der Waals surface area contributed by atoms with Gasteiger partial charge < -0.3 is 0 Å². The summed E-state index contributed by atoms with van der Waals surface area (Å²) in [5, 5.41) is 0. The first-order valence-corrected chi connectivity index (χ1v) is 9.42. The van der Waals surface area contributed by atoms with E-state index in [0.717, 1.165) is 11.1 Å². The first kappa shape index (κ1) is 19.6. The number of aromatic nitrogens is 2. The number of benzene rings is 2. The predicted molar refractivity (Wildman–Crippen MR) is 112 cm³/mol. The van der Waals surface area contributed by atoms with E-state index in [1.807, 2.05) is 26.0 Å². The van der Waals surface area contributed by atoms with Gasteiger partial charge >= 0.3 is 0 Å². The van der Waals surface area contributed by atoms with Crippen molar-refractivity contribution in [1.82, 2.24) is 9.97 Å². The fourth-order valence-electron chi connectivity index (χ4n) is 3.25. The number of hydrogen-bond acceptors (Lipinski definition) is 3. The van der Waals surface area contributed by atoms with Crippen LogP contribution in [0.2, 0.25) is 0 Å². The Hall–Kier alpha value is -3.73. The smallest absolute Gasteiger partial charge is 0.194 e. The Morgan fingerprint density at radius 3 is 1.47 bits per heavy atom. The normalized spacial score (nSPS) is 10.8. The lowest BCUT2D eigenvalue weighted by Gasteiger charge is -2.12. The van der Waals surface area contributed by atoms with Crippen molar-refractivity contribution in [1.29, 1.82) is 0 Å². The van der Waals surface area contributed by atoms with E-state index >= 15 is 0 Å². The molecule has 2 aromatic carbocycles. The van der Waals surface area contributed by atoms with Crippen LogP contribution in [0.5, 0.6) is 0 Å². The van der Waals surface area contributed by atoms with Gasteiger partial charge in [-0.25, -0.2) is 8.78 Å². The Morgan fingerprint density at radius 1 is 0.667 bits per heavy atom. The first-order chi connectivity index (χ1) is 14.4. The summed E-state index contributed by atoms with van der Waals surface area (Å²) in [7, 11) is 0. The van der Waals surface area contributed by atoms with Gasteiger partial charge in [-0.3, -0.25) is 14.8 Å². The third-order valence-corrected chi connectivity index (χ3v) is 4.83. The quantitative estimate of drug-likeness (QED) is 0.398. The molecule has 0 aliphatic heterocycles. The summed E-state index contributed by atoms with van der Waals surface area (Å²) >= 11 is 0. The van der Waals surface area contributed by atoms with Gasteiger partial charge in [-0.15, -0.1) is 0 Å². The molecule has 4 aromatic rings. The summed E-state index contributed by atoms with van der Waals surface area (Å²) in [5.41, 5.74) is 4.21. The van der Waals surface area contributed by atoms with Crippen LogP contribution in [0.4, 0.5) is 8.78 Å². The lowest BCUT2D eigenvalue weighted by Crippen LogP contribution is -2.07. The second kappa shape index (κ2) is 7.95. The summed E-state index contributed by atoms with van der Waals surface area (Å²) in [6.45, 7) is 3.79. The standard InChI is InChI=1S/C25H18F2N2O/c1-15-3-9-23(28-13-15)21-11-17(26)5-7-19(21)25(30)20-8-6-18(27)12-22(20)24-10-4-16(2)14-29-24/h3-14H,1-2H3. The van der Waals surface area contributed by atoms with E-state index in [0.29, 0.717) is 22.5 Å². The minimum absolute atomic E-state index is 0.285. The van der Waals surface area contributed by atoms with Crippen molar-refractivity contribution in [3.63, 3.8) is 0 Å². The SMILES string of the molecule is Cc1ccc(-c2cc(F)ccc2C(=O)c2ccc(F)cc2-c2ccc(C)cn2)nc1. The number of pyridine rings is 2. The third kappa shape index (κ3) is 3.87. The van der Waals surface area contributed by atoms with Gasteiger partial charge in [0.2, 0.25) is 0 Å². The van der Waals surface area contributed by atoms with E-state index in [9.17, 15) is 13.6 Å². The Labute approximate surface area is 173 Å². The number of aryl methyl sites for hydroxylation is 2. The van der Waals surface area contributed by atoms with Crippen molar-refractivity contribution >= 4 is 5.78 Å². The molecule has 0 fully saturated rings. The van der Waals surface area contributed by atoms with Crippen molar-refractivity contribution in [2.45, 2.75) is 13.8 Å². The zero-order chi connectivity index (χ0) is 21.3. The van der Waals surface area contributed by atoms with Crippen LogP contribution in [0.25, 0.3) is 22.5 Å². The van der Waals surface area contributed by atoms with Crippen molar-refractivity contribution in [2.24, 2.45) is 0 Å². The second-order valence-electron chi connectivity index (χ2n) is 7.15. The largest absolute Gasteiger partial charge is 0.289 e. The molecule has 3 nitrogen and oxygen atoms in total. The molecule has 2 heterocycles. The molecule has 0 aliphatic carbocycles. The van der Waals surface area contributed by atoms with E-state index in [-0.39, 0.29) is 16.9 Å². The first-order valence-electron chi connectivity index (χ1n) is 9.42. The molecule has 0 N–H and O–H groups in total. The van der Waals surface area contributed by atoms with Crippen LogP contribution >= 0.6 is 0 Å². The molecule has 0 amide bonds. The predicted octanol–water partition coefficient (Wildman–Crippen LogP) is 5.94. The number of hydrogen-bond donors (Lipinski definition) is 0. The molecule has 0 atom stereocenters. The maximum absolute atomic E-state index is 14.0. The van der Waals surface area contributed by atoms with Crippen LogP contribution in [0.15, 0.2) is 73.1 Å². The summed E-state index contributed by atoms with van der Waals surface area (Å²) in [4.78, 5) is 22.2. The van der Waals surface area contributed by atoms with Gasteiger partial charge in [-0.05, 0) is 73.5 Å². The Kier molecular flexibility index (Phi) is 5.19. The molecule has 148 valence electrons. The lowest BCUT2D eigenvalue weighted by atomic mass is 9.92. The van der Waals surface area contributed by atoms with Crippen molar-refractivity contribution in [3.05, 3.63) is 107 Å². The summed E-state index contributed by atoms with van der Waals surface area (Å²) in [6.07, 6.45) is 3.32. The summed E-state index contributed by atoms with van der Waals surface area (Å²) in [6, 6.07) is 15.1. The van der Waals surface area contributed by atoms with E-state index in [2.05, 4.69) is 9.97 Å². The van der Waals surface area contributed by atoms with Crippen molar-refractivity contribution in [3.8, 4) is 22.5 Å².